The normalized spacial score (nSPS) is 11.8. The second kappa shape index (κ2) is 23.3. The van der Waals surface area contributed by atoms with Crippen LogP contribution < -0.4 is 4.74 Å². The van der Waals surface area contributed by atoms with E-state index >= 15 is 4.39 Å². The van der Waals surface area contributed by atoms with Crippen molar-refractivity contribution in [1.82, 2.24) is 14.8 Å². The summed E-state index contributed by atoms with van der Waals surface area (Å²) in [6.45, 7) is 8.19. The Labute approximate surface area is 333 Å². The van der Waals surface area contributed by atoms with Crippen molar-refractivity contribution < 1.29 is 37.4 Å². The van der Waals surface area contributed by atoms with Crippen LogP contribution in [0.4, 0.5) is 8.78 Å². The first kappa shape index (κ1) is 43.9. The molecule has 12 heteroatoms. The van der Waals surface area contributed by atoms with Crippen LogP contribution in [0.25, 0.3) is 0 Å². The number of Topliss-reactive ketones (excluding diaryl/α,β-unsaturated/α-hetero) is 2. The molecule has 9 nitrogen and oxygen atoms in total. The number of hydrogen-bond acceptors (Lipinski definition) is 8. The van der Waals surface area contributed by atoms with E-state index in [9.17, 15) is 18.8 Å². The molecule has 298 valence electrons. The third-order valence-electron chi connectivity index (χ3n) is 8.89. The van der Waals surface area contributed by atoms with E-state index in [4.69, 9.17) is 25.8 Å². The molecular weight excluding hydrogens is 740 g/mol. The molecule has 0 fully saturated rings. The predicted octanol–water partition coefficient (Wildman–Crippen LogP) is 7.83. The van der Waals surface area contributed by atoms with Crippen LogP contribution in [0, 0.1) is 17.6 Å². The van der Waals surface area contributed by atoms with Gasteiger partial charge in [-0.2, -0.15) is 0 Å². The number of carbonyl (C=O) groups is 3. The van der Waals surface area contributed by atoms with E-state index in [0.717, 1.165) is 17.2 Å². The van der Waals surface area contributed by atoms with E-state index in [0.29, 0.717) is 37.5 Å². The van der Waals surface area contributed by atoms with E-state index < -0.39 is 29.7 Å². The summed E-state index contributed by atoms with van der Waals surface area (Å²) in [4.78, 5) is 48.7. The third-order valence-corrected chi connectivity index (χ3v) is 9.15. The molecule has 3 aromatic carbocycles. The summed E-state index contributed by atoms with van der Waals surface area (Å²) in [5, 5.41) is -0.356. The minimum absolute atomic E-state index is 0.0236. The number of carbonyl (C=O) groups excluding carboxylic acids is 3. The van der Waals surface area contributed by atoms with Crippen LogP contribution in [0.5, 0.6) is 5.75 Å². The fourth-order valence-electron chi connectivity index (χ4n) is 6.18. The zero-order chi connectivity index (χ0) is 40.3. The van der Waals surface area contributed by atoms with Gasteiger partial charge >= 0.3 is 0 Å². The fraction of sp³-hybridized carbons (Fsp3) is 0.364. The lowest BCUT2D eigenvalue weighted by Crippen LogP contribution is -2.44. The van der Waals surface area contributed by atoms with Crippen molar-refractivity contribution in [2.45, 2.75) is 59.0 Å². The molecule has 0 aliphatic carbocycles. The summed E-state index contributed by atoms with van der Waals surface area (Å²) >= 11 is 6.00. The van der Waals surface area contributed by atoms with Gasteiger partial charge in [0.25, 0.3) is 0 Å². The molecule has 0 bridgehead atoms. The minimum Gasteiger partial charge on any atom is -0.489 e. The fourth-order valence-corrected chi connectivity index (χ4v) is 6.36. The summed E-state index contributed by atoms with van der Waals surface area (Å²) in [6.07, 6.45) is 1.26. The zero-order valence-electron chi connectivity index (χ0n) is 32.0. The van der Waals surface area contributed by atoms with Crippen molar-refractivity contribution in [3.63, 3.8) is 0 Å². The van der Waals surface area contributed by atoms with Crippen LogP contribution in [-0.4, -0.2) is 77.9 Å². The van der Waals surface area contributed by atoms with Gasteiger partial charge in [0.05, 0.1) is 31.9 Å². The van der Waals surface area contributed by atoms with Crippen molar-refractivity contribution in [1.29, 1.82) is 0 Å². The van der Waals surface area contributed by atoms with Gasteiger partial charge in [-0.05, 0) is 61.6 Å². The van der Waals surface area contributed by atoms with Gasteiger partial charge in [-0.3, -0.25) is 19.3 Å². The molecule has 0 unspecified atom stereocenters. The molecule has 0 spiro atoms. The highest BCUT2D eigenvalue weighted by Crippen LogP contribution is 2.25. The lowest BCUT2D eigenvalue weighted by atomic mass is 9.92. The molecule has 1 atom stereocenters. The zero-order valence-corrected chi connectivity index (χ0v) is 32.8. The van der Waals surface area contributed by atoms with Gasteiger partial charge in [0.1, 0.15) is 29.7 Å². The first-order valence-electron chi connectivity index (χ1n) is 18.8. The summed E-state index contributed by atoms with van der Waals surface area (Å²) in [5.74, 6) is -2.91. The summed E-state index contributed by atoms with van der Waals surface area (Å²) < 4.78 is 47.2. The van der Waals surface area contributed by atoms with Gasteiger partial charge in [0, 0.05) is 44.6 Å². The number of nitrogens with zero attached hydrogens (tertiary/aromatic N) is 3. The second-order valence-corrected chi connectivity index (χ2v) is 13.6. The molecule has 0 N–H and O–H groups in total. The lowest BCUT2D eigenvalue weighted by molar-refractivity contribution is -0.162. The number of amides is 1. The van der Waals surface area contributed by atoms with Crippen molar-refractivity contribution in [2.75, 3.05) is 39.4 Å². The number of rotatable bonds is 25. The van der Waals surface area contributed by atoms with Gasteiger partial charge in [-0.1, -0.05) is 84.4 Å². The highest BCUT2D eigenvalue weighted by atomic mass is 35.5. The molecule has 1 amide bonds. The van der Waals surface area contributed by atoms with Crippen LogP contribution in [0.1, 0.15) is 49.1 Å². The monoisotopic (exact) mass is 789 g/mol. The Bertz CT molecular complexity index is 1860. The van der Waals surface area contributed by atoms with Crippen molar-refractivity contribution in [3.8, 4) is 5.75 Å². The Hall–Kier alpha value is -4.81. The van der Waals surface area contributed by atoms with Crippen molar-refractivity contribution in [2.24, 2.45) is 5.92 Å². The van der Waals surface area contributed by atoms with E-state index in [-0.39, 0.29) is 74.5 Å². The Balaban J connectivity index is 1.58. The molecule has 0 aliphatic heterocycles. The maximum Gasteiger partial charge on any atom is 0.226 e. The van der Waals surface area contributed by atoms with Crippen molar-refractivity contribution in [3.05, 3.63) is 143 Å². The topological polar surface area (TPSA) is 98.3 Å². The smallest absolute Gasteiger partial charge is 0.226 e. The van der Waals surface area contributed by atoms with Crippen LogP contribution in [0.3, 0.4) is 0 Å². The van der Waals surface area contributed by atoms with Crippen LogP contribution in [0.2, 0.25) is 5.15 Å². The maximum atomic E-state index is 15.8. The highest BCUT2D eigenvalue weighted by Gasteiger charge is 2.31. The average molecular weight is 790 g/mol. The van der Waals surface area contributed by atoms with E-state index in [1.54, 1.807) is 37.0 Å². The Morgan fingerprint density at radius 3 is 2.14 bits per heavy atom. The van der Waals surface area contributed by atoms with E-state index in [1.165, 1.54) is 17.0 Å². The molecule has 0 radical (unpaired) electrons. The predicted molar refractivity (Wildman–Crippen MR) is 212 cm³/mol. The third kappa shape index (κ3) is 14.7. The molecule has 1 heterocycles. The minimum atomic E-state index is -1.05. The SMILES string of the molecule is C=CCN(CC(=O)CCc1ccccc1)CC(=O)C[C@@H](Cc1ccc(OCc2ccccc2)cc1F)C(=O)N(Cc1ccc(F)c(Cl)n1)CC(OCC)OCC. The quantitative estimate of drug-likeness (QED) is 0.0381. The number of ketones is 2. The molecule has 0 saturated heterocycles. The van der Waals surface area contributed by atoms with Gasteiger partial charge in [0.2, 0.25) is 5.91 Å². The number of benzene rings is 3. The van der Waals surface area contributed by atoms with Gasteiger partial charge in [0.15, 0.2) is 17.3 Å². The maximum absolute atomic E-state index is 15.8. The van der Waals surface area contributed by atoms with Crippen LogP contribution in [-0.2, 0) is 49.9 Å². The van der Waals surface area contributed by atoms with Crippen LogP contribution in [0.15, 0.2) is 104 Å². The van der Waals surface area contributed by atoms with Gasteiger partial charge in [-0.15, -0.1) is 6.58 Å². The number of ether oxygens (including phenoxy) is 3. The van der Waals surface area contributed by atoms with E-state index in [1.807, 2.05) is 60.7 Å². The standard InChI is InChI=1S/C44H50ClF2N3O6/c1-4-23-49(28-37(51)20-17-32-13-9-7-10-14-32)29-38(52)25-35(24-34-18-21-39(26-41(34)47)56-31-33-15-11-8-12-16-33)44(53)50(30-42(54-5-2)55-6-3)27-36-19-22-40(46)43(45)48-36/h4,7-16,18-19,21-22,26,35,42H,1,5-6,17,20,23-25,27-31H2,2-3H3/t35-/m1/s1. The summed E-state index contributed by atoms with van der Waals surface area (Å²) in [6, 6.07) is 26.1. The number of halogens is 3. The first-order chi connectivity index (χ1) is 27.1. The lowest BCUT2D eigenvalue weighted by Gasteiger charge is -2.31. The Morgan fingerprint density at radius 2 is 1.52 bits per heavy atom. The molecule has 0 aliphatic rings. The molecule has 4 rings (SSSR count). The number of hydrogen-bond donors (Lipinski definition) is 0. The van der Waals surface area contributed by atoms with Crippen molar-refractivity contribution >= 4 is 29.1 Å². The van der Waals surface area contributed by atoms with Gasteiger partial charge in [-0.25, -0.2) is 13.8 Å². The van der Waals surface area contributed by atoms with Crippen LogP contribution >= 0.6 is 11.6 Å². The number of aromatic nitrogens is 1. The summed E-state index contributed by atoms with van der Waals surface area (Å²) in [7, 11) is 0. The average Bonchev–Trinajstić information content (AvgIpc) is 3.18. The Morgan fingerprint density at radius 1 is 0.857 bits per heavy atom. The van der Waals surface area contributed by atoms with E-state index in [2.05, 4.69) is 11.6 Å². The largest absolute Gasteiger partial charge is 0.489 e. The molecule has 56 heavy (non-hydrogen) atoms. The summed E-state index contributed by atoms with van der Waals surface area (Å²) in [5.41, 5.74) is 2.45. The first-order valence-corrected chi connectivity index (χ1v) is 19.1. The highest BCUT2D eigenvalue weighted by molar-refractivity contribution is 6.29. The number of aryl methyl sites for hydroxylation is 1. The molecule has 4 aromatic rings. The second-order valence-electron chi connectivity index (χ2n) is 13.3. The Kier molecular flexibility index (Phi) is 18.3. The van der Waals surface area contributed by atoms with Gasteiger partial charge < -0.3 is 19.1 Å². The molecular formula is C44H50ClF2N3O6. The molecule has 0 saturated carbocycles. The molecule has 1 aromatic heterocycles. The number of pyridine rings is 1.